The van der Waals surface area contributed by atoms with Gasteiger partial charge >= 0.3 is 0 Å². The van der Waals surface area contributed by atoms with Crippen LogP contribution in [-0.4, -0.2) is 31.1 Å². The van der Waals surface area contributed by atoms with Gasteiger partial charge in [-0.1, -0.05) is 24.3 Å². The van der Waals surface area contributed by atoms with Crippen LogP contribution in [-0.2, 0) is 6.54 Å². The molecule has 3 rings (SSSR count). The Bertz CT molecular complexity index is 392. The van der Waals surface area contributed by atoms with Gasteiger partial charge in [-0.15, -0.1) is 0 Å². The number of likely N-dealkylation sites (N-methyl/N-ethyl adjacent to an activating group) is 1. The molecule has 98 valence electrons. The average molecular weight is 244 g/mol. The van der Waals surface area contributed by atoms with Gasteiger partial charge in [-0.25, -0.2) is 0 Å². The third kappa shape index (κ3) is 2.93. The summed E-state index contributed by atoms with van der Waals surface area (Å²) in [4.78, 5) is 2.51. The molecule has 1 saturated heterocycles. The van der Waals surface area contributed by atoms with Crippen LogP contribution in [0.25, 0.3) is 0 Å². The molecular formula is C16H24N2. The molecule has 2 heteroatoms. The SMILES string of the molecule is CN(Cc1cccc(C2CC2)c1)C1CCCNC1. The number of rotatable bonds is 4. The third-order valence-corrected chi connectivity index (χ3v) is 4.33. The quantitative estimate of drug-likeness (QED) is 0.876. The summed E-state index contributed by atoms with van der Waals surface area (Å²) in [6.45, 7) is 3.44. The van der Waals surface area contributed by atoms with Crippen molar-refractivity contribution in [3.63, 3.8) is 0 Å². The summed E-state index contributed by atoms with van der Waals surface area (Å²) in [6, 6.07) is 9.94. The molecule has 2 fully saturated rings. The van der Waals surface area contributed by atoms with Gasteiger partial charge in [0.1, 0.15) is 0 Å². The summed E-state index contributed by atoms with van der Waals surface area (Å²) in [5, 5.41) is 3.50. The normalized spacial score (nSPS) is 24.4. The van der Waals surface area contributed by atoms with Crippen molar-refractivity contribution in [1.29, 1.82) is 0 Å². The lowest BCUT2D eigenvalue weighted by molar-refractivity contribution is 0.196. The molecule has 1 atom stereocenters. The Morgan fingerprint density at radius 1 is 1.28 bits per heavy atom. The Morgan fingerprint density at radius 3 is 2.89 bits per heavy atom. The van der Waals surface area contributed by atoms with E-state index in [4.69, 9.17) is 0 Å². The summed E-state index contributed by atoms with van der Waals surface area (Å²) >= 11 is 0. The van der Waals surface area contributed by atoms with Gasteiger partial charge in [0.05, 0.1) is 0 Å². The lowest BCUT2D eigenvalue weighted by Crippen LogP contribution is -2.43. The lowest BCUT2D eigenvalue weighted by atomic mass is 10.0. The van der Waals surface area contributed by atoms with Crippen LogP contribution in [0.3, 0.4) is 0 Å². The number of hydrogen-bond donors (Lipinski definition) is 1. The maximum absolute atomic E-state index is 3.50. The van der Waals surface area contributed by atoms with E-state index in [0.29, 0.717) is 6.04 Å². The van der Waals surface area contributed by atoms with E-state index in [1.807, 2.05) is 0 Å². The second-order valence-electron chi connectivity index (χ2n) is 5.93. The van der Waals surface area contributed by atoms with Crippen molar-refractivity contribution in [2.24, 2.45) is 0 Å². The molecule has 1 aliphatic heterocycles. The van der Waals surface area contributed by atoms with E-state index < -0.39 is 0 Å². The molecule has 1 heterocycles. The first-order valence-electron chi connectivity index (χ1n) is 7.33. The Morgan fingerprint density at radius 2 is 2.17 bits per heavy atom. The minimum absolute atomic E-state index is 0.711. The average Bonchev–Trinajstić information content (AvgIpc) is 3.24. The van der Waals surface area contributed by atoms with Gasteiger partial charge in [-0.3, -0.25) is 4.90 Å². The topological polar surface area (TPSA) is 15.3 Å². The molecule has 0 spiro atoms. The van der Waals surface area contributed by atoms with Crippen molar-refractivity contribution in [2.75, 3.05) is 20.1 Å². The van der Waals surface area contributed by atoms with Crippen LogP contribution >= 0.6 is 0 Å². The number of nitrogens with zero attached hydrogens (tertiary/aromatic N) is 1. The zero-order valence-corrected chi connectivity index (χ0v) is 11.4. The molecule has 0 aromatic heterocycles. The summed E-state index contributed by atoms with van der Waals surface area (Å²) < 4.78 is 0. The maximum Gasteiger partial charge on any atom is 0.0234 e. The molecule has 2 aliphatic rings. The van der Waals surface area contributed by atoms with Gasteiger partial charge < -0.3 is 5.32 Å². The third-order valence-electron chi connectivity index (χ3n) is 4.33. The van der Waals surface area contributed by atoms with E-state index in [9.17, 15) is 0 Å². The first-order valence-corrected chi connectivity index (χ1v) is 7.33. The molecule has 1 N–H and O–H groups in total. The molecule has 1 aromatic carbocycles. The number of nitrogens with one attached hydrogen (secondary N) is 1. The molecule has 1 unspecified atom stereocenters. The fourth-order valence-corrected chi connectivity index (χ4v) is 2.99. The minimum Gasteiger partial charge on any atom is -0.315 e. The van der Waals surface area contributed by atoms with Crippen molar-refractivity contribution in [3.8, 4) is 0 Å². The predicted octanol–water partition coefficient (Wildman–Crippen LogP) is 2.75. The highest BCUT2D eigenvalue weighted by Gasteiger charge is 2.23. The Hall–Kier alpha value is -0.860. The minimum atomic E-state index is 0.711. The van der Waals surface area contributed by atoms with Crippen molar-refractivity contribution in [3.05, 3.63) is 35.4 Å². The van der Waals surface area contributed by atoms with Gasteiger partial charge in [-0.05, 0) is 56.3 Å². The lowest BCUT2D eigenvalue weighted by Gasteiger charge is -2.31. The zero-order chi connectivity index (χ0) is 12.4. The Labute approximate surface area is 110 Å². The fraction of sp³-hybridized carbons (Fsp3) is 0.625. The number of hydrogen-bond acceptors (Lipinski definition) is 2. The van der Waals surface area contributed by atoms with Gasteiger partial charge in [-0.2, -0.15) is 0 Å². The second kappa shape index (κ2) is 5.41. The smallest absolute Gasteiger partial charge is 0.0234 e. The van der Waals surface area contributed by atoms with Crippen molar-refractivity contribution in [2.45, 2.75) is 44.2 Å². The molecule has 18 heavy (non-hydrogen) atoms. The largest absolute Gasteiger partial charge is 0.315 e. The fourth-order valence-electron chi connectivity index (χ4n) is 2.99. The Kier molecular flexibility index (Phi) is 3.67. The summed E-state index contributed by atoms with van der Waals surface area (Å²) in [5.41, 5.74) is 3.04. The van der Waals surface area contributed by atoms with Crippen LogP contribution < -0.4 is 5.32 Å². The molecule has 1 aliphatic carbocycles. The monoisotopic (exact) mass is 244 g/mol. The van der Waals surface area contributed by atoms with Crippen LogP contribution in [0.2, 0.25) is 0 Å². The van der Waals surface area contributed by atoms with Crippen LogP contribution in [0.4, 0.5) is 0 Å². The van der Waals surface area contributed by atoms with E-state index >= 15 is 0 Å². The van der Waals surface area contributed by atoms with Crippen LogP contribution in [0, 0.1) is 0 Å². The Balaban J connectivity index is 1.62. The highest BCUT2D eigenvalue weighted by Crippen LogP contribution is 2.40. The van der Waals surface area contributed by atoms with Crippen molar-refractivity contribution in [1.82, 2.24) is 10.2 Å². The molecule has 0 amide bonds. The molecule has 1 aromatic rings. The summed E-state index contributed by atoms with van der Waals surface area (Å²) in [7, 11) is 2.27. The van der Waals surface area contributed by atoms with E-state index in [1.54, 1.807) is 5.56 Å². The maximum atomic E-state index is 3.50. The molecule has 0 radical (unpaired) electrons. The first-order chi connectivity index (χ1) is 8.83. The van der Waals surface area contributed by atoms with E-state index in [-0.39, 0.29) is 0 Å². The number of piperidine rings is 1. The zero-order valence-electron chi connectivity index (χ0n) is 11.4. The van der Waals surface area contributed by atoms with Gasteiger partial charge in [0.2, 0.25) is 0 Å². The van der Waals surface area contributed by atoms with Crippen LogP contribution in [0.1, 0.15) is 42.7 Å². The highest BCUT2D eigenvalue weighted by molar-refractivity contribution is 5.29. The molecular weight excluding hydrogens is 220 g/mol. The molecule has 2 nitrogen and oxygen atoms in total. The van der Waals surface area contributed by atoms with E-state index in [1.165, 1.54) is 37.8 Å². The molecule has 1 saturated carbocycles. The van der Waals surface area contributed by atoms with Crippen LogP contribution in [0.5, 0.6) is 0 Å². The predicted molar refractivity (Wildman–Crippen MR) is 75.8 cm³/mol. The van der Waals surface area contributed by atoms with Crippen molar-refractivity contribution < 1.29 is 0 Å². The van der Waals surface area contributed by atoms with E-state index in [0.717, 1.165) is 19.0 Å². The van der Waals surface area contributed by atoms with Gasteiger partial charge in [0.15, 0.2) is 0 Å². The summed E-state index contributed by atoms with van der Waals surface area (Å²) in [6.07, 6.45) is 5.45. The van der Waals surface area contributed by atoms with Crippen LogP contribution in [0.15, 0.2) is 24.3 Å². The molecule has 0 bridgehead atoms. The summed E-state index contributed by atoms with van der Waals surface area (Å²) in [5.74, 6) is 0.867. The van der Waals surface area contributed by atoms with Gasteiger partial charge in [0.25, 0.3) is 0 Å². The first kappa shape index (κ1) is 12.2. The van der Waals surface area contributed by atoms with E-state index in [2.05, 4.69) is 41.5 Å². The number of benzene rings is 1. The van der Waals surface area contributed by atoms with Crippen molar-refractivity contribution >= 4 is 0 Å². The highest BCUT2D eigenvalue weighted by atomic mass is 15.2. The second-order valence-corrected chi connectivity index (χ2v) is 5.93. The van der Waals surface area contributed by atoms with Gasteiger partial charge in [0, 0.05) is 19.1 Å². The standard InChI is InChI=1S/C16H24N2/c1-18(16-6-3-9-17-11-16)12-13-4-2-5-15(10-13)14-7-8-14/h2,4-5,10,14,16-17H,3,6-9,11-12H2,1H3.